The molecule has 2 atom stereocenters. The molecule has 2 heteroatoms. The summed E-state index contributed by atoms with van der Waals surface area (Å²) >= 11 is 0. The van der Waals surface area contributed by atoms with Crippen LogP contribution in [0.25, 0.3) is 11.1 Å². The minimum atomic E-state index is 0.447. The van der Waals surface area contributed by atoms with Crippen molar-refractivity contribution in [3.8, 4) is 11.5 Å². The molecular weight excluding hydrogens is 416 g/mol. The fourth-order valence-corrected chi connectivity index (χ4v) is 5.80. The van der Waals surface area contributed by atoms with Gasteiger partial charge in [-0.15, -0.1) is 0 Å². The second-order valence-corrected chi connectivity index (χ2v) is 10.4. The first-order chi connectivity index (χ1) is 16.6. The third kappa shape index (κ3) is 5.95. The molecule has 0 saturated carbocycles. The second kappa shape index (κ2) is 11.8. The van der Waals surface area contributed by atoms with Crippen molar-refractivity contribution in [1.82, 2.24) is 0 Å². The first-order valence-corrected chi connectivity index (χ1v) is 13.6. The topological polar surface area (TPSA) is 40.5 Å². The Kier molecular flexibility index (Phi) is 8.53. The molecule has 0 aliphatic heterocycles. The van der Waals surface area contributed by atoms with Crippen LogP contribution in [0.5, 0.6) is 11.5 Å². The fourth-order valence-electron chi connectivity index (χ4n) is 5.80. The standard InChI is InChI=1S/C32H42O2/c1-3-5-7-29-21-27(17-19-31(29)33)25-13-9-23(10-14-25)24-11-15-26(16-12-24)28-18-20-32(34)30(22-28)8-6-4-2/h13,15,17-24,33-34H,3-12,14,16H2,1-2H3. The van der Waals surface area contributed by atoms with E-state index in [-0.39, 0.29) is 0 Å². The highest BCUT2D eigenvalue weighted by Gasteiger charge is 2.26. The smallest absolute Gasteiger partial charge is 0.118 e. The number of phenols is 2. The minimum Gasteiger partial charge on any atom is -0.508 e. The van der Waals surface area contributed by atoms with Gasteiger partial charge in [0.15, 0.2) is 0 Å². The van der Waals surface area contributed by atoms with E-state index in [1.807, 2.05) is 12.1 Å². The first kappa shape index (κ1) is 24.6. The van der Waals surface area contributed by atoms with Crippen molar-refractivity contribution >= 4 is 11.1 Å². The van der Waals surface area contributed by atoms with Crippen molar-refractivity contribution in [1.29, 1.82) is 0 Å². The van der Waals surface area contributed by atoms with Gasteiger partial charge in [0.1, 0.15) is 11.5 Å². The van der Waals surface area contributed by atoms with E-state index < -0.39 is 0 Å². The molecule has 2 aliphatic rings. The number of aryl methyl sites for hydroxylation is 2. The predicted molar refractivity (Wildman–Crippen MR) is 144 cm³/mol. The highest BCUT2D eigenvalue weighted by molar-refractivity contribution is 5.69. The van der Waals surface area contributed by atoms with Gasteiger partial charge in [-0.3, -0.25) is 0 Å². The van der Waals surface area contributed by atoms with E-state index in [1.54, 1.807) is 0 Å². The van der Waals surface area contributed by atoms with Crippen LogP contribution in [0, 0.1) is 11.8 Å². The molecule has 0 saturated heterocycles. The maximum absolute atomic E-state index is 10.2. The van der Waals surface area contributed by atoms with Gasteiger partial charge in [0.2, 0.25) is 0 Å². The molecule has 4 rings (SSSR count). The van der Waals surface area contributed by atoms with Gasteiger partial charge in [-0.2, -0.15) is 0 Å². The molecule has 0 fully saturated rings. The summed E-state index contributed by atoms with van der Waals surface area (Å²) in [6.07, 6.45) is 18.6. The molecular formula is C32H42O2. The number of rotatable bonds is 9. The largest absolute Gasteiger partial charge is 0.508 e. The average Bonchev–Trinajstić information content (AvgIpc) is 2.88. The van der Waals surface area contributed by atoms with Crippen LogP contribution in [-0.4, -0.2) is 10.2 Å². The summed E-state index contributed by atoms with van der Waals surface area (Å²) < 4.78 is 0. The number of unbranched alkanes of at least 4 members (excludes halogenated alkanes) is 2. The molecule has 2 unspecified atom stereocenters. The van der Waals surface area contributed by atoms with Gasteiger partial charge in [-0.25, -0.2) is 0 Å². The summed E-state index contributed by atoms with van der Waals surface area (Å²) in [5, 5.41) is 20.4. The Morgan fingerprint density at radius 2 is 1.12 bits per heavy atom. The van der Waals surface area contributed by atoms with Crippen molar-refractivity contribution in [2.45, 2.75) is 90.9 Å². The third-order valence-corrected chi connectivity index (χ3v) is 8.07. The highest BCUT2D eigenvalue weighted by atomic mass is 16.3. The van der Waals surface area contributed by atoms with Gasteiger partial charge < -0.3 is 10.2 Å². The van der Waals surface area contributed by atoms with E-state index in [0.29, 0.717) is 11.5 Å². The molecule has 2 aromatic carbocycles. The van der Waals surface area contributed by atoms with Crippen LogP contribution in [0.15, 0.2) is 48.6 Å². The normalized spacial score (nSPS) is 20.6. The van der Waals surface area contributed by atoms with Crippen LogP contribution >= 0.6 is 0 Å². The van der Waals surface area contributed by atoms with Crippen LogP contribution in [0.1, 0.15) is 100 Å². The SMILES string of the molecule is CCCCc1cc(C2=CCC(C3CC=C(c4ccc(O)c(CCCC)c4)CC3)CC2)ccc1O. The van der Waals surface area contributed by atoms with Crippen molar-refractivity contribution in [2.24, 2.45) is 11.8 Å². The average molecular weight is 459 g/mol. The van der Waals surface area contributed by atoms with Gasteiger partial charge >= 0.3 is 0 Å². The Balaban J connectivity index is 1.37. The molecule has 2 aromatic rings. The monoisotopic (exact) mass is 458 g/mol. The summed E-state index contributed by atoms with van der Waals surface area (Å²) in [6, 6.07) is 12.4. The Labute approximate surface area is 206 Å². The molecule has 182 valence electrons. The molecule has 0 spiro atoms. The second-order valence-electron chi connectivity index (χ2n) is 10.4. The summed E-state index contributed by atoms with van der Waals surface area (Å²) in [7, 11) is 0. The molecule has 0 bridgehead atoms. The number of aromatic hydroxyl groups is 2. The predicted octanol–water partition coefficient (Wildman–Crippen LogP) is 8.85. The lowest BCUT2D eigenvalue weighted by Gasteiger charge is -2.32. The van der Waals surface area contributed by atoms with E-state index in [4.69, 9.17) is 0 Å². The summed E-state index contributed by atoms with van der Waals surface area (Å²) in [5.41, 5.74) is 7.73. The Morgan fingerprint density at radius 1 is 0.676 bits per heavy atom. The van der Waals surface area contributed by atoms with Crippen molar-refractivity contribution < 1.29 is 10.2 Å². The van der Waals surface area contributed by atoms with Crippen LogP contribution < -0.4 is 0 Å². The van der Waals surface area contributed by atoms with Crippen molar-refractivity contribution in [2.75, 3.05) is 0 Å². The summed E-state index contributed by atoms with van der Waals surface area (Å²) in [4.78, 5) is 0. The zero-order valence-corrected chi connectivity index (χ0v) is 21.2. The van der Waals surface area contributed by atoms with Gasteiger partial charge in [-0.05, 0) is 134 Å². The highest BCUT2D eigenvalue weighted by Crippen LogP contribution is 2.42. The van der Waals surface area contributed by atoms with Crippen LogP contribution in [-0.2, 0) is 12.8 Å². The van der Waals surface area contributed by atoms with E-state index >= 15 is 0 Å². The van der Waals surface area contributed by atoms with Gasteiger partial charge in [0.25, 0.3) is 0 Å². The van der Waals surface area contributed by atoms with Crippen LogP contribution in [0.3, 0.4) is 0 Å². The quantitative estimate of drug-likeness (QED) is 0.394. The molecule has 0 amide bonds. The zero-order valence-electron chi connectivity index (χ0n) is 21.2. The van der Waals surface area contributed by atoms with Gasteiger partial charge in [0.05, 0.1) is 0 Å². The van der Waals surface area contributed by atoms with E-state index in [0.717, 1.165) is 74.3 Å². The lowest BCUT2D eigenvalue weighted by atomic mass is 9.73. The third-order valence-electron chi connectivity index (χ3n) is 8.07. The Morgan fingerprint density at radius 3 is 1.47 bits per heavy atom. The number of hydrogen-bond acceptors (Lipinski definition) is 2. The molecule has 2 nitrogen and oxygen atoms in total. The van der Waals surface area contributed by atoms with Crippen LogP contribution in [0.4, 0.5) is 0 Å². The lowest BCUT2D eigenvalue weighted by molar-refractivity contribution is 0.292. The zero-order chi connectivity index (χ0) is 23.9. The van der Waals surface area contributed by atoms with E-state index in [9.17, 15) is 10.2 Å². The van der Waals surface area contributed by atoms with Crippen molar-refractivity contribution in [3.63, 3.8) is 0 Å². The number of allylic oxidation sites excluding steroid dienone is 4. The Hall–Kier alpha value is -2.48. The van der Waals surface area contributed by atoms with Crippen LogP contribution in [0.2, 0.25) is 0 Å². The Bertz CT molecular complexity index is 946. The van der Waals surface area contributed by atoms with E-state index in [2.05, 4.69) is 50.3 Å². The van der Waals surface area contributed by atoms with Crippen molar-refractivity contribution in [3.05, 3.63) is 70.8 Å². The molecule has 0 radical (unpaired) electrons. The maximum Gasteiger partial charge on any atom is 0.118 e. The molecule has 2 N–H and O–H groups in total. The van der Waals surface area contributed by atoms with Gasteiger partial charge in [-0.1, -0.05) is 51.0 Å². The molecule has 2 aliphatic carbocycles. The molecule has 0 aromatic heterocycles. The summed E-state index contributed by atoms with van der Waals surface area (Å²) in [6.45, 7) is 4.40. The first-order valence-electron chi connectivity index (χ1n) is 13.6. The maximum atomic E-state index is 10.2. The summed E-state index contributed by atoms with van der Waals surface area (Å²) in [5.74, 6) is 2.45. The fraction of sp³-hybridized carbons (Fsp3) is 0.500. The number of phenolic OH excluding ortho intramolecular Hbond substituents is 2. The number of hydrogen-bond donors (Lipinski definition) is 2. The lowest BCUT2D eigenvalue weighted by Crippen LogP contribution is -2.19. The van der Waals surface area contributed by atoms with Gasteiger partial charge in [0, 0.05) is 0 Å². The number of benzene rings is 2. The molecule has 0 heterocycles. The van der Waals surface area contributed by atoms with E-state index in [1.165, 1.54) is 48.0 Å². The molecule has 34 heavy (non-hydrogen) atoms. The minimum absolute atomic E-state index is 0.447.